The van der Waals surface area contributed by atoms with Crippen LogP contribution in [-0.2, 0) is 20.7 Å². The number of anilines is 1. The van der Waals surface area contributed by atoms with Crippen LogP contribution >= 0.6 is 23.2 Å². The number of benzene rings is 2. The molecule has 26 heavy (non-hydrogen) atoms. The molecule has 1 heterocycles. The molecule has 0 unspecified atom stereocenters. The van der Waals surface area contributed by atoms with Crippen LogP contribution in [0, 0.1) is 12.8 Å². The number of hydrogen-bond donors (Lipinski definition) is 1. The van der Waals surface area contributed by atoms with Gasteiger partial charge in [0.2, 0.25) is 0 Å². The summed E-state index contributed by atoms with van der Waals surface area (Å²) >= 11 is 11.9. The van der Waals surface area contributed by atoms with Gasteiger partial charge in [-0.2, -0.15) is 0 Å². The van der Waals surface area contributed by atoms with Crippen LogP contribution in [0.15, 0.2) is 36.4 Å². The number of halogens is 2. The zero-order chi connectivity index (χ0) is 18.7. The summed E-state index contributed by atoms with van der Waals surface area (Å²) in [5.74, 6) is -0.636. The molecule has 2 aromatic rings. The minimum absolute atomic E-state index is 0.214. The Labute approximate surface area is 161 Å². The van der Waals surface area contributed by atoms with Crippen molar-refractivity contribution in [2.24, 2.45) is 5.92 Å². The van der Waals surface area contributed by atoms with Crippen molar-refractivity contribution in [3.8, 4) is 5.75 Å². The molecule has 0 fully saturated rings. The molecule has 1 aliphatic rings. The smallest absolute Gasteiger partial charge is 0.313 e. The van der Waals surface area contributed by atoms with E-state index in [4.69, 9.17) is 32.7 Å². The van der Waals surface area contributed by atoms with E-state index in [0.717, 1.165) is 16.9 Å². The predicted molar refractivity (Wildman–Crippen MR) is 99.9 cm³/mol. The summed E-state index contributed by atoms with van der Waals surface area (Å²) in [5, 5.41) is 3.87. The van der Waals surface area contributed by atoms with Gasteiger partial charge in [0.25, 0.3) is 5.91 Å². The molecule has 0 bridgehead atoms. The first kappa shape index (κ1) is 18.5. The maximum atomic E-state index is 12.2. The second kappa shape index (κ2) is 7.98. The van der Waals surface area contributed by atoms with Crippen molar-refractivity contribution in [1.82, 2.24) is 0 Å². The van der Waals surface area contributed by atoms with Crippen LogP contribution in [0.4, 0.5) is 5.69 Å². The Morgan fingerprint density at radius 3 is 2.69 bits per heavy atom. The molecule has 0 aliphatic carbocycles. The average molecular weight is 394 g/mol. The summed E-state index contributed by atoms with van der Waals surface area (Å²) in [5.41, 5.74) is 2.30. The lowest BCUT2D eigenvalue weighted by atomic mass is 9.97. The Balaban J connectivity index is 1.53. The molecule has 0 saturated heterocycles. The molecule has 1 amide bonds. The lowest BCUT2D eigenvalue weighted by Gasteiger charge is -2.24. The molecule has 1 N–H and O–H groups in total. The number of nitrogens with one attached hydrogen (secondary N) is 1. The average Bonchev–Trinajstić information content (AvgIpc) is 2.61. The minimum Gasteiger partial charge on any atom is -0.492 e. The van der Waals surface area contributed by atoms with Crippen molar-refractivity contribution < 1.29 is 19.1 Å². The molecule has 0 saturated carbocycles. The zero-order valence-electron chi connectivity index (χ0n) is 14.1. The standard InChI is InChI=1S/C19H17Cl2NO4/c1-11-6-14(20)2-4-16(11)22-18(23)10-26-19(24)13-7-12-8-15(21)3-5-17(12)25-9-13/h2-6,8,13H,7,9-10H2,1H3,(H,22,23)/t13-/m1/s1. The third-order valence-corrected chi connectivity index (χ3v) is 4.54. The molecule has 1 aliphatic heterocycles. The fourth-order valence-electron chi connectivity index (χ4n) is 2.72. The third kappa shape index (κ3) is 4.48. The lowest BCUT2D eigenvalue weighted by Crippen LogP contribution is -2.32. The summed E-state index contributed by atoms with van der Waals surface area (Å²) in [6, 6.07) is 10.4. The molecule has 3 rings (SSSR count). The number of hydrogen-bond acceptors (Lipinski definition) is 4. The normalized spacial score (nSPS) is 15.6. The molecule has 0 aromatic heterocycles. The molecule has 0 radical (unpaired) electrons. The van der Waals surface area contributed by atoms with Gasteiger partial charge in [-0.25, -0.2) is 0 Å². The molecular weight excluding hydrogens is 377 g/mol. The quantitative estimate of drug-likeness (QED) is 0.796. The lowest BCUT2D eigenvalue weighted by molar-refractivity contribution is -0.152. The SMILES string of the molecule is Cc1cc(Cl)ccc1NC(=O)COC(=O)[C@H]1COc2ccc(Cl)cc2C1. The predicted octanol–water partition coefficient (Wildman–Crippen LogP) is 4.03. The van der Waals surface area contributed by atoms with Crippen molar-refractivity contribution in [2.75, 3.05) is 18.5 Å². The monoisotopic (exact) mass is 393 g/mol. The second-order valence-corrected chi connectivity index (χ2v) is 6.95. The summed E-state index contributed by atoms with van der Waals surface area (Å²) in [7, 11) is 0. The molecule has 136 valence electrons. The topological polar surface area (TPSA) is 64.6 Å². The van der Waals surface area contributed by atoms with Gasteiger partial charge in [-0.15, -0.1) is 0 Å². The molecule has 5 nitrogen and oxygen atoms in total. The largest absolute Gasteiger partial charge is 0.492 e. The maximum Gasteiger partial charge on any atom is 0.313 e. The van der Waals surface area contributed by atoms with Gasteiger partial charge < -0.3 is 14.8 Å². The van der Waals surface area contributed by atoms with Crippen LogP contribution in [0.3, 0.4) is 0 Å². The first-order chi connectivity index (χ1) is 12.4. The molecule has 2 aromatic carbocycles. The summed E-state index contributed by atoms with van der Waals surface area (Å²) in [6.07, 6.45) is 0.465. The number of ether oxygens (including phenoxy) is 2. The van der Waals surface area contributed by atoms with Crippen LogP contribution in [0.25, 0.3) is 0 Å². The van der Waals surface area contributed by atoms with Crippen LogP contribution in [0.1, 0.15) is 11.1 Å². The van der Waals surface area contributed by atoms with Gasteiger partial charge in [-0.1, -0.05) is 23.2 Å². The van der Waals surface area contributed by atoms with Crippen LogP contribution in [0.5, 0.6) is 5.75 Å². The Morgan fingerprint density at radius 2 is 1.92 bits per heavy atom. The van der Waals surface area contributed by atoms with Crippen molar-refractivity contribution in [3.05, 3.63) is 57.6 Å². The van der Waals surface area contributed by atoms with E-state index in [-0.39, 0.29) is 13.2 Å². The fraction of sp³-hybridized carbons (Fsp3) is 0.263. The Bertz CT molecular complexity index is 853. The van der Waals surface area contributed by atoms with E-state index in [9.17, 15) is 9.59 Å². The van der Waals surface area contributed by atoms with Gasteiger partial charge >= 0.3 is 5.97 Å². The summed E-state index contributed by atoms with van der Waals surface area (Å²) in [4.78, 5) is 24.2. The highest BCUT2D eigenvalue weighted by Gasteiger charge is 2.28. The van der Waals surface area contributed by atoms with Crippen LogP contribution in [-0.4, -0.2) is 25.1 Å². The zero-order valence-corrected chi connectivity index (χ0v) is 15.6. The Hall–Kier alpha value is -2.24. The number of esters is 1. The Kier molecular flexibility index (Phi) is 5.69. The molecule has 7 heteroatoms. The summed E-state index contributed by atoms with van der Waals surface area (Å²) < 4.78 is 10.7. The second-order valence-electron chi connectivity index (χ2n) is 6.08. The number of carbonyl (C=O) groups excluding carboxylic acids is 2. The van der Waals surface area contributed by atoms with Gasteiger partial charge in [0.05, 0.1) is 5.92 Å². The van der Waals surface area contributed by atoms with Gasteiger partial charge in [-0.3, -0.25) is 9.59 Å². The number of carbonyl (C=O) groups is 2. The number of fused-ring (bicyclic) bond motifs is 1. The van der Waals surface area contributed by atoms with Crippen molar-refractivity contribution in [1.29, 1.82) is 0 Å². The van der Waals surface area contributed by atoms with E-state index in [2.05, 4.69) is 5.32 Å². The molecular formula is C19H17Cl2NO4. The summed E-state index contributed by atoms with van der Waals surface area (Å²) in [6.45, 7) is 1.68. The maximum absolute atomic E-state index is 12.2. The van der Waals surface area contributed by atoms with E-state index in [1.54, 1.807) is 36.4 Å². The highest BCUT2D eigenvalue weighted by Crippen LogP contribution is 2.30. The van der Waals surface area contributed by atoms with Crippen molar-refractivity contribution in [2.45, 2.75) is 13.3 Å². The van der Waals surface area contributed by atoms with E-state index < -0.39 is 17.8 Å². The van der Waals surface area contributed by atoms with E-state index >= 15 is 0 Å². The first-order valence-electron chi connectivity index (χ1n) is 8.06. The van der Waals surface area contributed by atoms with Gasteiger partial charge in [-0.05, 0) is 60.9 Å². The van der Waals surface area contributed by atoms with Gasteiger partial charge in [0, 0.05) is 15.7 Å². The van der Waals surface area contributed by atoms with E-state index in [1.165, 1.54) is 0 Å². The Morgan fingerprint density at radius 1 is 1.19 bits per heavy atom. The van der Waals surface area contributed by atoms with E-state index in [0.29, 0.717) is 22.2 Å². The highest BCUT2D eigenvalue weighted by atomic mass is 35.5. The number of amides is 1. The van der Waals surface area contributed by atoms with Crippen molar-refractivity contribution >= 4 is 40.8 Å². The molecule has 1 atom stereocenters. The van der Waals surface area contributed by atoms with Gasteiger partial charge in [0.1, 0.15) is 12.4 Å². The first-order valence-corrected chi connectivity index (χ1v) is 8.82. The van der Waals surface area contributed by atoms with Gasteiger partial charge in [0.15, 0.2) is 6.61 Å². The minimum atomic E-state index is -0.474. The third-order valence-electron chi connectivity index (χ3n) is 4.07. The van der Waals surface area contributed by atoms with Crippen molar-refractivity contribution in [3.63, 3.8) is 0 Å². The van der Waals surface area contributed by atoms with Crippen LogP contribution in [0.2, 0.25) is 10.0 Å². The highest BCUT2D eigenvalue weighted by molar-refractivity contribution is 6.31. The van der Waals surface area contributed by atoms with E-state index in [1.807, 2.05) is 6.92 Å². The fourth-order valence-corrected chi connectivity index (χ4v) is 3.14. The van der Waals surface area contributed by atoms with Crippen LogP contribution < -0.4 is 10.1 Å². The number of rotatable bonds is 4. The molecule has 0 spiro atoms. The number of aryl methyl sites for hydroxylation is 1.